The molecule has 0 amide bonds. The van der Waals surface area contributed by atoms with E-state index < -0.39 is 0 Å². The number of rotatable bonds is 4. The zero-order valence-electron chi connectivity index (χ0n) is 11.2. The van der Waals surface area contributed by atoms with E-state index in [0.29, 0.717) is 5.92 Å². The topological polar surface area (TPSA) is 55.9 Å². The molecule has 1 heterocycles. The van der Waals surface area contributed by atoms with Crippen LogP contribution in [0.4, 0.5) is 0 Å². The number of nitrogens with two attached hydrogens (primary N) is 1. The van der Waals surface area contributed by atoms with Gasteiger partial charge in [0.05, 0.1) is 6.04 Å². The number of nitrogens with zero attached hydrogens (tertiary/aromatic N) is 2. The second-order valence-electron chi connectivity index (χ2n) is 5.06. The molecule has 0 spiro atoms. The average Bonchev–Trinajstić information content (AvgIpc) is 3.07. The molecule has 3 N–H and O–H groups in total. The van der Waals surface area contributed by atoms with Crippen molar-refractivity contribution in [3.8, 4) is 0 Å². The third-order valence-corrected chi connectivity index (χ3v) is 4.13. The summed E-state index contributed by atoms with van der Waals surface area (Å²) in [6.07, 6.45) is 6.13. The SMILES string of the molecule is CCn1ccnc1C(NN)C1CCc2ccccc21. The lowest BCUT2D eigenvalue weighted by Gasteiger charge is -2.24. The molecule has 4 heteroatoms. The lowest BCUT2D eigenvalue weighted by Crippen LogP contribution is -2.34. The highest BCUT2D eigenvalue weighted by atomic mass is 15.3. The minimum atomic E-state index is 0.0820. The summed E-state index contributed by atoms with van der Waals surface area (Å²) in [5.74, 6) is 7.27. The van der Waals surface area contributed by atoms with Gasteiger partial charge in [-0.05, 0) is 30.9 Å². The lowest BCUT2D eigenvalue weighted by molar-refractivity contribution is 0.418. The minimum Gasteiger partial charge on any atom is -0.334 e. The molecule has 2 atom stereocenters. The second-order valence-corrected chi connectivity index (χ2v) is 5.06. The van der Waals surface area contributed by atoms with E-state index >= 15 is 0 Å². The summed E-state index contributed by atoms with van der Waals surface area (Å²) >= 11 is 0. The van der Waals surface area contributed by atoms with Crippen molar-refractivity contribution in [2.75, 3.05) is 0 Å². The summed E-state index contributed by atoms with van der Waals surface area (Å²) in [4.78, 5) is 4.50. The van der Waals surface area contributed by atoms with Crippen molar-refractivity contribution in [1.29, 1.82) is 0 Å². The van der Waals surface area contributed by atoms with Crippen LogP contribution < -0.4 is 11.3 Å². The van der Waals surface area contributed by atoms with Gasteiger partial charge in [-0.15, -0.1) is 0 Å². The van der Waals surface area contributed by atoms with E-state index in [9.17, 15) is 0 Å². The van der Waals surface area contributed by atoms with Crippen LogP contribution in [0, 0.1) is 0 Å². The van der Waals surface area contributed by atoms with Crippen molar-refractivity contribution in [3.63, 3.8) is 0 Å². The standard InChI is InChI=1S/C15H20N4/c1-2-19-10-9-17-15(19)14(18-16)13-8-7-11-5-3-4-6-12(11)13/h3-6,9-10,13-14,18H,2,7-8,16H2,1H3. The molecule has 0 saturated heterocycles. The molecular weight excluding hydrogens is 236 g/mol. The van der Waals surface area contributed by atoms with Crippen LogP contribution in [-0.2, 0) is 13.0 Å². The summed E-state index contributed by atoms with van der Waals surface area (Å²) in [6, 6.07) is 8.74. The number of nitrogens with one attached hydrogen (secondary N) is 1. The van der Waals surface area contributed by atoms with Crippen LogP contribution in [0.25, 0.3) is 0 Å². The van der Waals surface area contributed by atoms with E-state index in [4.69, 9.17) is 5.84 Å². The number of hydrazine groups is 1. The quantitative estimate of drug-likeness (QED) is 0.651. The summed E-state index contributed by atoms with van der Waals surface area (Å²) in [6.45, 7) is 3.04. The molecule has 3 rings (SSSR count). The van der Waals surface area contributed by atoms with E-state index in [2.05, 4.69) is 46.2 Å². The number of aryl methyl sites for hydroxylation is 2. The monoisotopic (exact) mass is 256 g/mol. The number of hydrogen-bond donors (Lipinski definition) is 2. The fourth-order valence-electron chi connectivity index (χ4n) is 3.17. The van der Waals surface area contributed by atoms with Crippen LogP contribution in [0.1, 0.15) is 42.3 Å². The van der Waals surface area contributed by atoms with E-state index in [1.54, 1.807) is 0 Å². The zero-order valence-corrected chi connectivity index (χ0v) is 11.2. The molecule has 0 saturated carbocycles. The number of hydrogen-bond acceptors (Lipinski definition) is 3. The van der Waals surface area contributed by atoms with Gasteiger partial charge in [-0.3, -0.25) is 5.84 Å². The first-order valence-electron chi connectivity index (χ1n) is 6.90. The van der Waals surface area contributed by atoms with Crippen molar-refractivity contribution in [3.05, 3.63) is 53.6 Å². The van der Waals surface area contributed by atoms with Crippen molar-refractivity contribution < 1.29 is 0 Å². The van der Waals surface area contributed by atoms with E-state index in [1.807, 2.05) is 12.4 Å². The van der Waals surface area contributed by atoms with E-state index in [-0.39, 0.29) is 6.04 Å². The largest absolute Gasteiger partial charge is 0.334 e. The molecule has 0 bridgehead atoms. The summed E-state index contributed by atoms with van der Waals surface area (Å²) in [5, 5.41) is 0. The molecule has 100 valence electrons. The smallest absolute Gasteiger partial charge is 0.127 e. The Morgan fingerprint density at radius 1 is 1.47 bits per heavy atom. The molecule has 4 nitrogen and oxygen atoms in total. The Balaban J connectivity index is 1.97. The highest BCUT2D eigenvalue weighted by Gasteiger charge is 2.32. The number of imidazole rings is 1. The third kappa shape index (κ3) is 2.07. The Kier molecular flexibility index (Phi) is 3.36. The Bertz CT molecular complexity index is 561. The van der Waals surface area contributed by atoms with Crippen molar-refractivity contribution >= 4 is 0 Å². The van der Waals surface area contributed by atoms with E-state index in [1.165, 1.54) is 11.1 Å². The molecule has 0 fully saturated rings. The molecule has 19 heavy (non-hydrogen) atoms. The van der Waals surface area contributed by atoms with Crippen molar-refractivity contribution in [2.24, 2.45) is 5.84 Å². The zero-order chi connectivity index (χ0) is 13.2. The predicted molar refractivity (Wildman–Crippen MR) is 75.5 cm³/mol. The number of benzene rings is 1. The summed E-state index contributed by atoms with van der Waals surface area (Å²) in [7, 11) is 0. The van der Waals surface area contributed by atoms with Gasteiger partial charge in [0.2, 0.25) is 0 Å². The Labute approximate surface area is 113 Å². The van der Waals surface area contributed by atoms with Gasteiger partial charge in [-0.2, -0.15) is 0 Å². The first-order chi connectivity index (χ1) is 9.35. The first-order valence-corrected chi connectivity index (χ1v) is 6.90. The van der Waals surface area contributed by atoms with Crippen molar-refractivity contribution in [1.82, 2.24) is 15.0 Å². The van der Waals surface area contributed by atoms with Gasteiger partial charge in [0.25, 0.3) is 0 Å². The maximum atomic E-state index is 5.82. The molecular formula is C15H20N4. The maximum Gasteiger partial charge on any atom is 0.127 e. The summed E-state index contributed by atoms with van der Waals surface area (Å²) < 4.78 is 2.16. The minimum absolute atomic E-state index is 0.0820. The molecule has 1 aliphatic rings. The fraction of sp³-hybridized carbons (Fsp3) is 0.400. The molecule has 2 aromatic rings. The van der Waals surface area contributed by atoms with Crippen LogP contribution in [0.15, 0.2) is 36.7 Å². The van der Waals surface area contributed by atoms with Crippen LogP contribution in [0.3, 0.4) is 0 Å². The van der Waals surface area contributed by atoms with Crippen LogP contribution in [0.2, 0.25) is 0 Å². The highest BCUT2D eigenvalue weighted by molar-refractivity contribution is 5.36. The molecule has 1 aliphatic carbocycles. The van der Waals surface area contributed by atoms with Gasteiger partial charge in [-0.25, -0.2) is 10.4 Å². The Hall–Kier alpha value is -1.65. The number of aromatic nitrogens is 2. The van der Waals surface area contributed by atoms with Crippen LogP contribution in [-0.4, -0.2) is 9.55 Å². The fourth-order valence-corrected chi connectivity index (χ4v) is 3.17. The predicted octanol–water partition coefficient (Wildman–Crippen LogP) is 2.14. The van der Waals surface area contributed by atoms with Crippen LogP contribution in [0.5, 0.6) is 0 Å². The lowest BCUT2D eigenvalue weighted by atomic mass is 9.93. The molecule has 1 aromatic carbocycles. The van der Waals surface area contributed by atoms with Gasteiger partial charge in [0.1, 0.15) is 5.82 Å². The van der Waals surface area contributed by atoms with E-state index in [0.717, 1.165) is 25.2 Å². The summed E-state index contributed by atoms with van der Waals surface area (Å²) in [5.41, 5.74) is 5.84. The third-order valence-electron chi connectivity index (χ3n) is 4.13. The van der Waals surface area contributed by atoms with Gasteiger partial charge < -0.3 is 4.57 Å². The van der Waals surface area contributed by atoms with Gasteiger partial charge in [0, 0.05) is 24.9 Å². The van der Waals surface area contributed by atoms with Gasteiger partial charge in [-0.1, -0.05) is 24.3 Å². The van der Waals surface area contributed by atoms with Crippen LogP contribution >= 0.6 is 0 Å². The molecule has 1 aromatic heterocycles. The van der Waals surface area contributed by atoms with Gasteiger partial charge in [0.15, 0.2) is 0 Å². The Morgan fingerprint density at radius 2 is 2.32 bits per heavy atom. The first kappa shape index (κ1) is 12.4. The maximum absolute atomic E-state index is 5.82. The normalized spacial score (nSPS) is 19.4. The second kappa shape index (κ2) is 5.15. The molecule has 0 aliphatic heterocycles. The average molecular weight is 256 g/mol. The Morgan fingerprint density at radius 3 is 3.11 bits per heavy atom. The molecule has 2 unspecified atom stereocenters. The molecule has 0 radical (unpaired) electrons. The highest BCUT2D eigenvalue weighted by Crippen LogP contribution is 2.40. The van der Waals surface area contributed by atoms with Gasteiger partial charge >= 0.3 is 0 Å². The number of fused-ring (bicyclic) bond motifs is 1. The van der Waals surface area contributed by atoms with Crippen molar-refractivity contribution in [2.45, 2.75) is 38.3 Å².